The smallest absolute Gasteiger partial charge is 0.309 e. The highest BCUT2D eigenvalue weighted by atomic mass is 16.4. The molecule has 0 fully saturated rings. The maximum atomic E-state index is 10.6. The van der Waals surface area contributed by atoms with Crippen molar-refractivity contribution < 1.29 is 9.90 Å². The van der Waals surface area contributed by atoms with E-state index in [-0.39, 0.29) is 6.42 Å². The van der Waals surface area contributed by atoms with Crippen molar-refractivity contribution in [3.8, 4) is 0 Å². The van der Waals surface area contributed by atoms with Gasteiger partial charge < -0.3 is 9.67 Å². The van der Waals surface area contributed by atoms with Crippen LogP contribution in [0.3, 0.4) is 0 Å². The zero-order chi connectivity index (χ0) is 10.1. The van der Waals surface area contributed by atoms with E-state index < -0.39 is 5.97 Å². The fourth-order valence-electron chi connectivity index (χ4n) is 1.96. The third kappa shape index (κ3) is 1.64. The Bertz CT molecular complexity index is 357. The highest BCUT2D eigenvalue weighted by molar-refractivity contribution is 5.69. The number of nitrogens with zero attached hydrogens (tertiary/aromatic N) is 2. The first-order chi connectivity index (χ1) is 6.66. The molecule has 0 saturated carbocycles. The number of fused-ring (bicyclic) bond motifs is 1. The second-order valence-electron chi connectivity index (χ2n) is 4.00. The van der Waals surface area contributed by atoms with E-state index in [4.69, 9.17) is 5.11 Å². The van der Waals surface area contributed by atoms with Crippen molar-refractivity contribution in [3.05, 3.63) is 17.7 Å². The SMILES string of the molecule is CC1CCn2cnc(CC(=O)O)c2C1. The van der Waals surface area contributed by atoms with Crippen LogP contribution in [0.4, 0.5) is 0 Å². The lowest BCUT2D eigenvalue weighted by atomic mass is 9.96. The molecule has 1 N–H and O–H groups in total. The van der Waals surface area contributed by atoms with Crippen molar-refractivity contribution in [2.75, 3.05) is 0 Å². The number of aliphatic carboxylic acids is 1. The fraction of sp³-hybridized carbons (Fsp3) is 0.600. The van der Waals surface area contributed by atoms with Crippen LogP contribution in [-0.4, -0.2) is 20.6 Å². The van der Waals surface area contributed by atoms with Crippen molar-refractivity contribution >= 4 is 5.97 Å². The van der Waals surface area contributed by atoms with Crippen LogP contribution in [0.5, 0.6) is 0 Å². The fourth-order valence-corrected chi connectivity index (χ4v) is 1.96. The number of carboxylic acids is 1. The predicted molar refractivity (Wildman–Crippen MR) is 51.1 cm³/mol. The molecule has 4 heteroatoms. The Morgan fingerprint density at radius 1 is 1.79 bits per heavy atom. The Kier molecular flexibility index (Phi) is 2.27. The molecule has 0 bridgehead atoms. The standard InChI is InChI=1S/C10H14N2O2/c1-7-2-3-12-6-11-8(5-10(13)14)9(12)4-7/h6-7H,2-5H2,1H3,(H,13,14). The first kappa shape index (κ1) is 9.24. The Labute approximate surface area is 82.6 Å². The van der Waals surface area contributed by atoms with Gasteiger partial charge >= 0.3 is 5.97 Å². The molecule has 1 aromatic rings. The number of carboxylic acid groups (broad SMARTS) is 1. The topological polar surface area (TPSA) is 55.1 Å². The summed E-state index contributed by atoms with van der Waals surface area (Å²) in [5.41, 5.74) is 1.86. The van der Waals surface area contributed by atoms with Crippen LogP contribution in [0.25, 0.3) is 0 Å². The van der Waals surface area contributed by atoms with Gasteiger partial charge in [-0.2, -0.15) is 0 Å². The molecule has 1 atom stereocenters. The summed E-state index contributed by atoms with van der Waals surface area (Å²) in [6.07, 6.45) is 3.94. The lowest BCUT2D eigenvalue weighted by Crippen LogP contribution is -2.18. The van der Waals surface area contributed by atoms with E-state index in [9.17, 15) is 4.79 Å². The molecule has 4 nitrogen and oxygen atoms in total. The molecule has 2 rings (SSSR count). The van der Waals surface area contributed by atoms with Crippen LogP contribution in [0.1, 0.15) is 24.7 Å². The molecule has 1 aromatic heterocycles. The van der Waals surface area contributed by atoms with Crippen LogP contribution in [0.15, 0.2) is 6.33 Å². The number of rotatable bonds is 2. The third-order valence-electron chi connectivity index (χ3n) is 2.76. The third-order valence-corrected chi connectivity index (χ3v) is 2.76. The number of imidazole rings is 1. The van der Waals surface area contributed by atoms with Crippen molar-refractivity contribution in [2.45, 2.75) is 32.7 Å². The summed E-state index contributed by atoms with van der Waals surface area (Å²) >= 11 is 0. The molecule has 1 unspecified atom stereocenters. The van der Waals surface area contributed by atoms with E-state index in [0.717, 1.165) is 30.8 Å². The normalized spacial score (nSPS) is 20.5. The summed E-state index contributed by atoms with van der Waals surface area (Å²) < 4.78 is 2.08. The van der Waals surface area contributed by atoms with Gasteiger partial charge in [-0.3, -0.25) is 4.79 Å². The van der Waals surface area contributed by atoms with E-state index >= 15 is 0 Å². The van der Waals surface area contributed by atoms with Crippen molar-refractivity contribution in [3.63, 3.8) is 0 Å². The van der Waals surface area contributed by atoms with Crippen molar-refractivity contribution in [2.24, 2.45) is 5.92 Å². The summed E-state index contributed by atoms with van der Waals surface area (Å²) in [6, 6.07) is 0. The van der Waals surface area contributed by atoms with Gasteiger partial charge in [-0.1, -0.05) is 6.92 Å². The van der Waals surface area contributed by atoms with E-state index in [1.807, 2.05) is 0 Å². The Morgan fingerprint density at radius 3 is 3.29 bits per heavy atom. The van der Waals surface area contributed by atoms with Gasteiger partial charge in [0, 0.05) is 12.2 Å². The number of aromatic nitrogens is 2. The summed E-state index contributed by atoms with van der Waals surface area (Å²) in [4.78, 5) is 14.7. The second kappa shape index (κ2) is 3.44. The summed E-state index contributed by atoms with van der Waals surface area (Å²) in [6.45, 7) is 3.17. The molecule has 0 amide bonds. The second-order valence-corrected chi connectivity index (χ2v) is 4.00. The molecular weight excluding hydrogens is 180 g/mol. The molecular formula is C10H14N2O2. The Morgan fingerprint density at radius 2 is 2.57 bits per heavy atom. The maximum absolute atomic E-state index is 10.6. The van der Waals surface area contributed by atoms with Crippen LogP contribution in [0, 0.1) is 5.92 Å². The minimum Gasteiger partial charge on any atom is -0.481 e. The van der Waals surface area contributed by atoms with Gasteiger partial charge in [-0.05, 0) is 18.8 Å². The molecule has 14 heavy (non-hydrogen) atoms. The van der Waals surface area contributed by atoms with Crippen LogP contribution < -0.4 is 0 Å². The van der Waals surface area contributed by atoms with Gasteiger partial charge in [0.25, 0.3) is 0 Å². The molecule has 0 spiro atoms. The monoisotopic (exact) mass is 194 g/mol. The maximum Gasteiger partial charge on any atom is 0.309 e. The largest absolute Gasteiger partial charge is 0.481 e. The lowest BCUT2D eigenvalue weighted by Gasteiger charge is -2.20. The van der Waals surface area contributed by atoms with Gasteiger partial charge in [-0.25, -0.2) is 4.98 Å². The molecule has 0 saturated heterocycles. The minimum atomic E-state index is -0.801. The van der Waals surface area contributed by atoms with Crippen molar-refractivity contribution in [1.29, 1.82) is 0 Å². The average molecular weight is 194 g/mol. The minimum absolute atomic E-state index is 0.0506. The van der Waals surface area contributed by atoms with Gasteiger partial charge in [0.15, 0.2) is 0 Å². The van der Waals surface area contributed by atoms with Crippen LogP contribution in [-0.2, 0) is 24.2 Å². The zero-order valence-electron chi connectivity index (χ0n) is 8.23. The Hall–Kier alpha value is -1.32. The average Bonchev–Trinajstić information content (AvgIpc) is 2.47. The van der Waals surface area contributed by atoms with Gasteiger partial charge in [-0.15, -0.1) is 0 Å². The molecule has 1 aliphatic rings. The molecule has 0 aliphatic carbocycles. The molecule has 1 aliphatic heterocycles. The summed E-state index contributed by atoms with van der Waals surface area (Å²) in [5, 5.41) is 8.70. The van der Waals surface area contributed by atoms with E-state index in [1.54, 1.807) is 6.33 Å². The van der Waals surface area contributed by atoms with E-state index in [2.05, 4.69) is 16.5 Å². The predicted octanol–water partition coefficient (Wildman–Crippen LogP) is 1.09. The van der Waals surface area contributed by atoms with Crippen LogP contribution in [0.2, 0.25) is 0 Å². The zero-order valence-corrected chi connectivity index (χ0v) is 8.23. The molecule has 0 radical (unpaired) electrons. The van der Waals surface area contributed by atoms with Crippen molar-refractivity contribution in [1.82, 2.24) is 9.55 Å². The molecule has 0 aromatic carbocycles. The molecule has 76 valence electrons. The molecule has 2 heterocycles. The first-order valence-electron chi connectivity index (χ1n) is 4.91. The lowest BCUT2D eigenvalue weighted by molar-refractivity contribution is -0.136. The van der Waals surface area contributed by atoms with E-state index in [1.165, 1.54) is 0 Å². The first-order valence-corrected chi connectivity index (χ1v) is 4.91. The number of aryl methyl sites for hydroxylation is 1. The van der Waals surface area contributed by atoms with Crippen LogP contribution >= 0.6 is 0 Å². The van der Waals surface area contributed by atoms with Gasteiger partial charge in [0.1, 0.15) is 0 Å². The highest BCUT2D eigenvalue weighted by Crippen LogP contribution is 2.22. The number of carbonyl (C=O) groups is 1. The quantitative estimate of drug-likeness (QED) is 0.766. The number of hydrogen-bond acceptors (Lipinski definition) is 2. The summed E-state index contributed by atoms with van der Waals surface area (Å²) in [5.74, 6) is -0.156. The number of hydrogen-bond donors (Lipinski definition) is 1. The van der Waals surface area contributed by atoms with E-state index in [0.29, 0.717) is 5.92 Å². The van der Waals surface area contributed by atoms with Gasteiger partial charge in [0.05, 0.1) is 18.4 Å². The van der Waals surface area contributed by atoms with Gasteiger partial charge in [0.2, 0.25) is 0 Å². The Balaban J connectivity index is 2.26. The summed E-state index contributed by atoms with van der Waals surface area (Å²) in [7, 11) is 0. The highest BCUT2D eigenvalue weighted by Gasteiger charge is 2.20.